The monoisotopic (exact) mass is 446 g/mol. The Morgan fingerprint density at radius 2 is 1.13 bits per heavy atom. The standard InChI is InChI=1S/C18H30N4O9/c1-7(2)13(17(29)22-14(8(3)4)18(30)31)21-16(28)10(6-12(25)26)20-15(27)9(19)5-11(23)24/h7-10,13-14H,5-6,19H2,1-4H3,(H,20,27)(H,21,28)(H,22,29)(H,23,24)(H,25,26)(H,30,31). The Bertz CT molecular complexity index is 708. The topological polar surface area (TPSA) is 225 Å². The molecule has 0 aromatic rings. The number of carboxylic acids is 3. The van der Waals surface area contributed by atoms with Crippen LogP contribution in [0.25, 0.3) is 0 Å². The summed E-state index contributed by atoms with van der Waals surface area (Å²) in [6, 6.07) is -5.60. The second kappa shape index (κ2) is 12.5. The van der Waals surface area contributed by atoms with Gasteiger partial charge in [0, 0.05) is 0 Å². The maximum absolute atomic E-state index is 12.6. The lowest BCUT2D eigenvalue weighted by molar-refractivity contribution is -0.144. The van der Waals surface area contributed by atoms with E-state index in [0.29, 0.717) is 0 Å². The van der Waals surface area contributed by atoms with Gasteiger partial charge in [-0.15, -0.1) is 0 Å². The van der Waals surface area contributed by atoms with Gasteiger partial charge >= 0.3 is 17.9 Å². The van der Waals surface area contributed by atoms with Gasteiger partial charge in [0.05, 0.1) is 18.9 Å². The minimum atomic E-state index is -1.64. The van der Waals surface area contributed by atoms with Crippen LogP contribution in [0.5, 0.6) is 0 Å². The van der Waals surface area contributed by atoms with Gasteiger partial charge in [0.25, 0.3) is 0 Å². The smallest absolute Gasteiger partial charge is 0.326 e. The van der Waals surface area contributed by atoms with E-state index in [9.17, 15) is 33.9 Å². The molecule has 0 fully saturated rings. The molecule has 0 bridgehead atoms. The first-order chi connectivity index (χ1) is 14.2. The first-order valence-corrected chi connectivity index (χ1v) is 9.50. The van der Waals surface area contributed by atoms with E-state index in [4.69, 9.17) is 15.9 Å². The fourth-order valence-corrected chi connectivity index (χ4v) is 2.49. The number of amides is 3. The summed E-state index contributed by atoms with van der Waals surface area (Å²) in [6.45, 7) is 6.31. The van der Waals surface area contributed by atoms with Crippen LogP contribution in [0.2, 0.25) is 0 Å². The number of carbonyl (C=O) groups excluding carboxylic acids is 3. The Hall–Kier alpha value is -3.22. The third kappa shape index (κ3) is 9.89. The predicted molar refractivity (Wildman–Crippen MR) is 106 cm³/mol. The van der Waals surface area contributed by atoms with Gasteiger partial charge in [0.15, 0.2) is 0 Å². The molecule has 8 N–H and O–H groups in total. The van der Waals surface area contributed by atoms with E-state index in [-0.39, 0.29) is 0 Å². The Balaban J connectivity index is 5.46. The number of nitrogens with two attached hydrogens (primary N) is 1. The van der Waals surface area contributed by atoms with Crippen LogP contribution in [0, 0.1) is 11.8 Å². The molecule has 0 rings (SSSR count). The van der Waals surface area contributed by atoms with Crippen LogP contribution in [0.15, 0.2) is 0 Å². The quantitative estimate of drug-likeness (QED) is 0.166. The third-order valence-corrected chi connectivity index (χ3v) is 4.22. The number of aliphatic carboxylic acids is 3. The van der Waals surface area contributed by atoms with Crippen LogP contribution in [0.3, 0.4) is 0 Å². The van der Waals surface area contributed by atoms with Crippen LogP contribution >= 0.6 is 0 Å². The van der Waals surface area contributed by atoms with Crippen molar-refractivity contribution in [1.29, 1.82) is 0 Å². The van der Waals surface area contributed by atoms with Gasteiger partial charge in [-0.25, -0.2) is 4.79 Å². The molecule has 0 saturated heterocycles. The fourth-order valence-electron chi connectivity index (χ4n) is 2.49. The summed E-state index contributed by atoms with van der Waals surface area (Å²) in [5.74, 6) is -7.91. The van der Waals surface area contributed by atoms with Crippen molar-refractivity contribution in [3.8, 4) is 0 Å². The Labute approximate surface area is 178 Å². The highest BCUT2D eigenvalue weighted by Gasteiger charge is 2.33. The van der Waals surface area contributed by atoms with Crippen molar-refractivity contribution < 1.29 is 44.1 Å². The predicted octanol–water partition coefficient (Wildman–Crippen LogP) is -1.89. The van der Waals surface area contributed by atoms with Crippen molar-refractivity contribution in [2.45, 2.75) is 64.7 Å². The lowest BCUT2D eigenvalue weighted by Crippen LogP contribution is -2.59. The van der Waals surface area contributed by atoms with Gasteiger partial charge in [-0.1, -0.05) is 27.7 Å². The van der Waals surface area contributed by atoms with Gasteiger partial charge in [0.1, 0.15) is 18.1 Å². The molecule has 0 aliphatic heterocycles. The summed E-state index contributed by atoms with van der Waals surface area (Å²) in [6.07, 6.45) is -1.59. The minimum Gasteiger partial charge on any atom is -0.481 e. The molecule has 176 valence electrons. The maximum Gasteiger partial charge on any atom is 0.326 e. The second-order valence-corrected chi connectivity index (χ2v) is 7.66. The molecule has 0 saturated carbocycles. The largest absolute Gasteiger partial charge is 0.481 e. The zero-order valence-corrected chi connectivity index (χ0v) is 17.7. The fraction of sp³-hybridized carbons (Fsp3) is 0.667. The summed E-state index contributed by atoms with van der Waals surface area (Å²) in [5.41, 5.74) is 5.41. The summed E-state index contributed by atoms with van der Waals surface area (Å²) < 4.78 is 0. The van der Waals surface area contributed by atoms with Crippen molar-refractivity contribution in [3.63, 3.8) is 0 Å². The van der Waals surface area contributed by atoms with Crippen LogP contribution in [0.4, 0.5) is 0 Å². The van der Waals surface area contributed by atoms with E-state index in [2.05, 4.69) is 16.0 Å². The van der Waals surface area contributed by atoms with Crippen molar-refractivity contribution >= 4 is 35.6 Å². The first-order valence-electron chi connectivity index (χ1n) is 9.50. The first kappa shape index (κ1) is 27.8. The van der Waals surface area contributed by atoms with E-state index in [1.165, 1.54) is 0 Å². The normalized spacial score (nSPS) is 14.8. The molecule has 13 nitrogen and oxygen atoms in total. The van der Waals surface area contributed by atoms with Gasteiger partial charge in [0.2, 0.25) is 17.7 Å². The molecular formula is C18H30N4O9. The van der Waals surface area contributed by atoms with Gasteiger partial charge in [-0.05, 0) is 11.8 Å². The van der Waals surface area contributed by atoms with E-state index < -0.39 is 84.5 Å². The van der Waals surface area contributed by atoms with Crippen molar-refractivity contribution in [2.24, 2.45) is 17.6 Å². The van der Waals surface area contributed by atoms with Crippen molar-refractivity contribution in [1.82, 2.24) is 16.0 Å². The molecule has 0 aliphatic rings. The summed E-state index contributed by atoms with van der Waals surface area (Å²) in [5, 5.41) is 33.6. The van der Waals surface area contributed by atoms with Crippen molar-refractivity contribution in [3.05, 3.63) is 0 Å². The second-order valence-electron chi connectivity index (χ2n) is 7.66. The molecule has 0 aromatic heterocycles. The Morgan fingerprint density at radius 1 is 0.677 bits per heavy atom. The molecule has 0 aliphatic carbocycles. The number of rotatable bonds is 13. The van der Waals surface area contributed by atoms with Crippen molar-refractivity contribution in [2.75, 3.05) is 0 Å². The molecular weight excluding hydrogens is 416 g/mol. The lowest BCUT2D eigenvalue weighted by atomic mass is 9.99. The van der Waals surface area contributed by atoms with E-state index in [0.717, 1.165) is 0 Å². The van der Waals surface area contributed by atoms with Crippen LogP contribution in [0.1, 0.15) is 40.5 Å². The molecule has 4 unspecified atom stereocenters. The number of hydrogen-bond acceptors (Lipinski definition) is 7. The van der Waals surface area contributed by atoms with Gasteiger partial charge in [-0.3, -0.25) is 24.0 Å². The molecule has 13 heteroatoms. The van der Waals surface area contributed by atoms with E-state index >= 15 is 0 Å². The number of carbonyl (C=O) groups is 6. The van der Waals surface area contributed by atoms with Crippen LogP contribution in [-0.2, 0) is 28.8 Å². The molecule has 31 heavy (non-hydrogen) atoms. The van der Waals surface area contributed by atoms with E-state index in [1.807, 2.05) is 0 Å². The highest BCUT2D eigenvalue weighted by Crippen LogP contribution is 2.08. The average molecular weight is 446 g/mol. The molecule has 0 radical (unpaired) electrons. The number of carboxylic acid groups (broad SMARTS) is 3. The molecule has 0 heterocycles. The molecule has 0 aromatic carbocycles. The molecule has 4 atom stereocenters. The molecule has 0 spiro atoms. The van der Waals surface area contributed by atoms with E-state index in [1.54, 1.807) is 27.7 Å². The average Bonchev–Trinajstić information content (AvgIpc) is 2.61. The summed E-state index contributed by atoms with van der Waals surface area (Å²) >= 11 is 0. The van der Waals surface area contributed by atoms with Gasteiger partial charge < -0.3 is 37.0 Å². The minimum absolute atomic E-state index is 0.445. The summed E-state index contributed by atoms with van der Waals surface area (Å²) in [4.78, 5) is 70.2. The Kier molecular flexibility index (Phi) is 11.2. The zero-order chi connectivity index (χ0) is 24.5. The van der Waals surface area contributed by atoms with Crippen LogP contribution < -0.4 is 21.7 Å². The lowest BCUT2D eigenvalue weighted by Gasteiger charge is -2.27. The Morgan fingerprint density at radius 3 is 1.52 bits per heavy atom. The van der Waals surface area contributed by atoms with Gasteiger partial charge in [-0.2, -0.15) is 0 Å². The molecule has 3 amide bonds. The van der Waals surface area contributed by atoms with Crippen LogP contribution in [-0.4, -0.2) is 75.1 Å². The maximum atomic E-state index is 12.6. The highest BCUT2D eigenvalue weighted by atomic mass is 16.4. The third-order valence-electron chi connectivity index (χ3n) is 4.22. The SMILES string of the molecule is CC(C)C(NC(=O)C(NC(=O)C(CC(=O)O)NC(=O)C(N)CC(=O)O)C(C)C)C(=O)O. The number of hydrogen-bond donors (Lipinski definition) is 7. The zero-order valence-electron chi connectivity index (χ0n) is 17.7. The highest BCUT2D eigenvalue weighted by molar-refractivity contribution is 5.96. The number of nitrogens with one attached hydrogen (secondary N) is 3. The summed E-state index contributed by atoms with van der Waals surface area (Å²) in [7, 11) is 0.